The summed E-state index contributed by atoms with van der Waals surface area (Å²) < 4.78 is 0. The molecule has 128 valence electrons. The molecule has 2 bridgehead atoms. The van der Waals surface area contributed by atoms with Crippen LogP contribution in [0.3, 0.4) is 0 Å². The number of nitro benzene ring substituents is 1. The molecule has 0 aromatic heterocycles. The van der Waals surface area contributed by atoms with Crippen molar-refractivity contribution in [2.45, 2.75) is 47.0 Å². The molecule has 6 nitrogen and oxygen atoms in total. The summed E-state index contributed by atoms with van der Waals surface area (Å²) in [5, 5.41) is 14.1. The van der Waals surface area contributed by atoms with E-state index >= 15 is 0 Å². The number of amides is 1. The molecule has 6 heteroatoms. The number of nitro groups is 1. The number of nitrogens with zero attached hydrogens (tertiary/aromatic N) is 1. The van der Waals surface area contributed by atoms with Gasteiger partial charge in [0.1, 0.15) is 11.1 Å². The van der Waals surface area contributed by atoms with E-state index in [2.05, 4.69) is 5.32 Å². The summed E-state index contributed by atoms with van der Waals surface area (Å²) >= 11 is 0. The van der Waals surface area contributed by atoms with E-state index in [0.29, 0.717) is 18.4 Å². The van der Waals surface area contributed by atoms with Crippen molar-refractivity contribution in [3.05, 3.63) is 33.4 Å². The lowest BCUT2D eigenvalue weighted by Crippen LogP contribution is -2.44. The lowest BCUT2D eigenvalue weighted by Gasteiger charge is -2.32. The molecule has 3 rings (SSSR count). The van der Waals surface area contributed by atoms with Crippen LogP contribution in [0.1, 0.15) is 44.2 Å². The van der Waals surface area contributed by atoms with Gasteiger partial charge in [-0.2, -0.15) is 0 Å². The van der Waals surface area contributed by atoms with Crippen LogP contribution in [0.4, 0.5) is 11.4 Å². The van der Waals surface area contributed by atoms with Gasteiger partial charge in [0.15, 0.2) is 5.78 Å². The minimum atomic E-state index is -1.03. The molecule has 2 saturated carbocycles. The zero-order chi connectivity index (χ0) is 17.9. The molecule has 0 heterocycles. The molecule has 2 aliphatic rings. The Morgan fingerprint density at radius 1 is 1.33 bits per heavy atom. The predicted octanol–water partition coefficient (Wildman–Crippen LogP) is 3.55. The van der Waals surface area contributed by atoms with Gasteiger partial charge in [0, 0.05) is 11.5 Å². The monoisotopic (exact) mass is 330 g/mol. The van der Waals surface area contributed by atoms with Crippen molar-refractivity contribution in [1.82, 2.24) is 0 Å². The molecule has 1 aromatic carbocycles. The topological polar surface area (TPSA) is 89.3 Å². The van der Waals surface area contributed by atoms with Crippen molar-refractivity contribution in [2.75, 3.05) is 5.32 Å². The fourth-order valence-corrected chi connectivity index (χ4v) is 4.46. The van der Waals surface area contributed by atoms with E-state index in [-0.39, 0.29) is 23.1 Å². The highest BCUT2D eigenvalue weighted by molar-refractivity contribution is 6.15. The number of ketones is 1. The number of hydrogen-bond acceptors (Lipinski definition) is 4. The highest BCUT2D eigenvalue weighted by Gasteiger charge is 2.65. The normalized spacial score (nSPS) is 27.3. The average Bonchev–Trinajstić information content (AvgIpc) is 3.01. The van der Waals surface area contributed by atoms with E-state index in [9.17, 15) is 19.7 Å². The third-order valence-electron chi connectivity index (χ3n) is 5.88. The van der Waals surface area contributed by atoms with Crippen LogP contribution >= 0.6 is 0 Å². The SMILES string of the molecule is Cc1cc(C)c(NC(=O)C23CCC(C2)C(C)(C)C3=O)c([N+](=O)[O-])c1. The number of Topliss-reactive ketones (excluding diaryl/α,β-unsaturated/α-hetero) is 1. The third kappa shape index (κ3) is 2.16. The van der Waals surface area contributed by atoms with Crippen molar-refractivity contribution in [3.63, 3.8) is 0 Å². The first-order valence-corrected chi connectivity index (χ1v) is 8.21. The minimum absolute atomic E-state index is 0.0313. The summed E-state index contributed by atoms with van der Waals surface area (Å²) in [4.78, 5) is 36.6. The third-order valence-corrected chi connectivity index (χ3v) is 5.88. The van der Waals surface area contributed by atoms with Crippen LogP contribution in [0.15, 0.2) is 12.1 Å². The summed E-state index contributed by atoms with van der Waals surface area (Å²) in [6, 6.07) is 3.23. The second-order valence-corrected chi connectivity index (χ2v) is 7.76. The minimum Gasteiger partial charge on any atom is -0.319 e. The van der Waals surface area contributed by atoms with E-state index in [1.807, 2.05) is 13.8 Å². The Kier molecular flexibility index (Phi) is 3.55. The number of rotatable bonds is 3. The number of benzene rings is 1. The number of carbonyl (C=O) groups is 2. The molecule has 0 radical (unpaired) electrons. The first-order valence-electron chi connectivity index (χ1n) is 8.21. The van der Waals surface area contributed by atoms with Gasteiger partial charge in [-0.3, -0.25) is 19.7 Å². The van der Waals surface area contributed by atoms with Crippen LogP contribution in [0.5, 0.6) is 0 Å². The standard InChI is InChI=1S/C18H22N2O4/c1-10-7-11(2)14(13(8-10)20(23)24)19-16(22)18-6-5-12(9-18)17(3,4)15(18)21/h7-8,12H,5-6,9H2,1-4H3,(H,19,22). The fraction of sp³-hybridized carbons (Fsp3) is 0.556. The largest absolute Gasteiger partial charge is 0.319 e. The van der Waals surface area contributed by atoms with Gasteiger partial charge in [0.05, 0.1) is 4.92 Å². The van der Waals surface area contributed by atoms with Crippen molar-refractivity contribution in [3.8, 4) is 0 Å². The van der Waals surface area contributed by atoms with Gasteiger partial charge < -0.3 is 5.32 Å². The maximum absolute atomic E-state index is 13.0. The van der Waals surface area contributed by atoms with Crippen molar-refractivity contribution < 1.29 is 14.5 Å². The van der Waals surface area contributed by atoms with Crippen LogP contribution in [-0.2, 0) is 9.59 Å². The van der Waals surface area contributed by atoms with Crippen molar-refractivity contribution in [2.24, 2.45) is 16.7 Å². The highest BCUT2D eigenvalue weighted by Crippen LogP contribution is 2.60. The number of nitrogens with one attached hydrogen (secondary N) is 1. The lowest BCUT2D eigenvalue weighted by atomic mass is 9.70. The van der Waals surface area contributed by atoms with Crippen molar-refractivity contribution in [1.29, 1.82) is 0 Å². The predicted molar refractivity (Wildman–Crippen MR) is 89.8 cm³/mol. The molecular weight excluding hydrogens is 308 g/mol. The summed E-state index contributed by atoms with van der Waals surface area (Å²) in [7, 11) is 0. The van der Waals surface area contributed by atoms with E-state index in [1.165, 1.54) is 6.07 Å². The molecule has 1 N–H and O–H groups in total. The zero-order valence-electron chi connectivity index (χ0n) is 14.4. The van der Waals surface area contributed by atoms with Gasteiger partial charge >= 0.3 is 0 Å². The summed E-state index contributed by atoms with van der Waals surface area (Å²) in [6.45, 7) is 7.29. The maximum atomic E-state index is 13.0. The second-order valence-electron chi connectivity index (χ2n) is 7.76. The molecule has 24 heavy (non-hydrogen) atoms. The molecule has 2 unspecified atom stereocenters. The van der Waals surface area contributed by atoms with Gasteiger partial charge in [-0.15, -0.1) is 0 Å². The van der Waals surface area contributed by atoms with Crippen LogP contribution in [-0.4, -0.2) is 16.6 Å². The zero-order valence-corrected chi connectivity index (χ0v) is 14.4. The number of fused-ring (bicyclic) bond motifs is 2. The van der Waals surface area contributed by atoms with E-state index in [1.54, 1.807) is 19.9 Å². The Hall–Kier alpha value is -2.24. The van der Waals surface area contributed by atoms with Gasteiger partial charge in [-0.25, -0.2) is 0 Å². The summed E-state index contributed by atoms with van der Waals surface area (Å²) in [5.41, 5.74) is -0.0639. The van der Waals surface area contributed by atoms with Gasteiger partial charge in [-0.1, -0.05) is 19.9 Å². The Bertz CT molecular complexity index is 769. The molecule has 0 aliphatic heterocycles. The van der Waals surface area contributed by atoms with Crippen LogP contribution < -0.4 is 5.32 Å². The Labute approximate surface area is 140 Å². The second kappa shape index (κ2) is 5.13. The quantitative estimate of drug-likeness (QED) is 0.521. The molecule has 0 saturated heterocycles. The van der Waals surface area contributed by atoms with E-state index in [4.69, 9.17) is 0 Å². The molecule has 1 amide bonds. The van der Waals surface area contributed by atoms with Gasteiger partial charge in [0.2, 0.25) is 5.91 Å². The molecule has 2 aliphatic carbocycles. The van der Waals surface area contributed by atoms with Crippen LogP contribution in [0.2, 0.25) is 0 Å². The first kappa shape index (κ1) is 16.6. The Morgan fingerprint density at radius 2 is 2.00 bits per heavy atom. The van der Waals surface area contributed by atoms with Crippen LogP contribution in [0, 0.1) is 40.7 Å². The average molecular weight is 330 g/mol. The van der Waals surface area contributed by atoms with Crippen LogP contribution in [0.25, 0.3) is 0 Å². The van der Waals surface area contributed by atoms with E-state index in [0.717, 1.165) is 12.0 Å². The van der Waals surface area contributed by atoms with Gasteiger partial charge in [-0.05, 0) is 50.2 Å². The Balaban J connectivity index is 1.97. The van der Waals surface area contributed by atoms with Crippen molar-refractivity contribution >= 4 is 23.1 Å². The smallest absolute Gasteiger partial charge is 0.293 e. The first-order chi connectivity index (χ1) is 11.1. The lowest BCUT2D eigenvalue weighted by molar-refractivity contribution is -0.384. The summed E-state index contributed by atoms with van der Waals surface area (Å²) in [5.74, 6) is -0.211. The maximum Gasteiger partial charge on any atom is 0.293 e. The molecule has 2 fully saturated rings. The van der Waals surface area contributed by atoms with E-state index < -0.39 is 21.7 Å². The molecule has 2 atom stereocenters. The Morgan fingerprint density at radius 3 is 2.54 bits per heavy atom. The van der Waals surface area contributed by atoms with Gasteiger partial charge in [0.25, 0.3) is 5.69 Å². The number of carbonyl (C=O) groups excluding carboxylic acids is 2. The molecule has 1 aromatic rings. The molecule has 0 spiro atoms. The summed E-state index contributed by atoms with van der Waals surface area (Å²) in [6.07, 6.45) is 1.93. The number of hydrogen-bond donors (Lipinski definition) is 1. The number of aryl methyl sites for hydroxylation is 2. The molecular formula is C18H22N2O4. The number of anilines is 1. The highest BCUT2D eigenvalue weighted by atomic mass is 16.6. The fourth-order valence-electron chi connectivity index (χ4n) is 4.46.